The Balaban J connectivity index is 1.11. The number of carboxylic acids is 2. The molecule has 21 rings (SSSR count). The van der Waals surface area contributed by atoms with E-state index >= 15 is 0 Å². The van der Waals surface area contributed by atoms with Gasteiger partial charge in [0.25, 0.3) is 0 Å². The van der Waals surface area contributed by atoms with Gasteiger partial charge >= 0.3 is 11.9 Å². The van der Waals surface area contributed by atoms with Crippen LogP contribution in [-0.2, 0) is 75.9 Å². The number of aliphatic carboxylic acids is 2. The Morgan fingerprint density at radius 3 is 0.596 bits per heavy atom. The summed E-state index contributed by atoms with van der Waals surface area (Å²) in [5.74, 6) is -4.26. The number of carboxylic acid groups (broad SMARTS) is 2. The fourth-order valence-corrected chi connectivity index (χ4v) is 13.2. The van der Waals surface area contributed by atoms with Crippen molar-refractivity contribution >= 4 is 35.5 Å². The predicted molar refractivity (Wildman–Crippen MR) is 280 cm³/mol. The van der Waals surface area contributed by atoms with Gasteiger partial charge in [-0.2, -0.15) is 23.5 Å². The molecule has 21 aliphatic heterocycles. The molecule has 15 unspecified atom stereocenters. The first-order valence-corrected chi connectivity index (χ1v) is 30.4. The molecule has 21 aliphatic rings. The molecule has 0 aromatic carbocycles. The fraction of sp³-hybridized carbons (Fsp3) is 0.958. The van der Waals surface area contributed by atoms with Crippen molar-refractivity contribution in [3.63, 3.8) is 0 Å². The van der Waals surface area contributed by atoms with E-state index in [0.29, 0.717) is 0 Å². The standard InChI is InChI=1S/C48H80N2O37S2/c49-10(40(70)71)6-88-8-17-38-25(62)32(69)48(80-17)85-37-16(5-55)76-44(28(65)21(37)58)83-35-14(3-53)78-46(30(67)23(35)60)87-39-18(9-89-7-11(50)41(72)73)79-47(31(68)24(39)61)84-36-15(4-54)75-43(27(64)20(36)57)81-33-12(1-51)74-42(26(63)19(33)56)82-34-13(2-52)77-45(86-38)29(66)22(34)59/h10-39,42-48,51-69H,1-9,49-50H2,(H,70,71)(H,72,73)/t10-,11-,12?,13?,14?,15?,16?,17?,18?,19-,20-,21-,22-,23+,24-,25-,26?,27?,28?,29?,30?,31?,32?,33-,34-,35-,36-,37-,38-,39-,42-,43-,44+,45?,46+,47+,48-/m1/s1. The molecule has 0 saturated carbocycles. The van der Waals surface area contributed by atoms with E-state index in [1.165, 1.54) is 0 Å². The number of aliphatic hydroxyl groups is 19. The van der Waals surface area contributed by atoms with E-state index in [1.54, 1.807) is 0 Å². The van der Waals surface area contributed by atoms with Crippen molar-refractivity contribution in [3.05, 3.63) is 0 Å². The minimum absolute atomic E-state index is 0.319. The third-order valence-electron chi connectivity index (χ3n) is 16.2. The Kier molecular flexibility index (Phi) is 26.2. The van der Waals surface area contributed by atoms with Gasteiger partial charge in [0.2, 0.25) is 0 Å². The lowest BCUT2D eigenvalue weighted by Crippen LogP contribution is -2.68. The fourth-order valence-electron chi connectivity index (χ4n) is 11.2. The summed E-state index contributed by atoms with van der Waals surface area (Å²) in [5, 5.41) is 233. The summed E-state index contributed by atoms with van der Waals surface area (Å²) in [4.78, 5) is 23.2. The van der Waals surface area contributed by atoms with Crippen molar-refractivity contribution in [2.75, 3.05) is 56.0 Å². The minimum atomic E-state index is -2.27. The van der Waals surface area contributed by atoms with E-state index in [9.17, 15) is 117 Å². The van der Waals surface area contributed by atoms with Crippen LogP contribution in [0.4, 0.5) is 0 Å². The molecular formula is C48H80N2O37S2. The lowest BCUT2D eigenvalue weighted by Gasteiger charge is -2.50. The van der Waals surface area contributed by atoms with Crippen LogP contribution in [0.3, 0.4) is 0 Å². The second kappa shape index (κ2) is 31.9. The number of ether oxygens (including phenoxy) is 14. The van der Waals surface area contributed by atoms with Crippen molar-refractivity contribution in [2.45, 2.75) is 227 Å². The van der Waals surface area contributed by atoms with Crippen LogP contribution in [-0.4, -0.2) is 402 Å². The van der Waals surface area contributed by atoms with Crippen LogP contribution in [0.25, 0.3) is 0 Å². The van der Waals surface area contributed by atoms with Crippen molar-refractivity contribution in [1.29, 1.82) is 0 Å². The van der Waals surface area contributed by atoms with E-state index in [2.05, 4.69) is 0 Å². The molecule has 0 radical (unpaired) electrons. The molecule has 25 N–H and O–H groups in total. The van der Waals surface area contributed by atoms with E-state index in [-0.39, 0.29) is 11.5 Å². The maximum atomic E-state index is 11.7. The quantitative estimate of drug-likeness (QED) is 0.0724. The highest BCUT2D eigenvalue weighted by Crippen LogP contribution is 2.40. The van der Waals surface area contributed by atoms with Crippen LogP contribution in [0.2, 0.25) is 0 Å². The van der Waals surface area contributed by atoms with Gasteiger partial charge in [0.1, 0.15) is 171 Å². The lowest BCUT2D eigenvalue weighted by molar-refractivity contribution is -0.395. The SMILES string of the molecule is N[C@H](CSCC1O[C@@H]2O[C@@H]3C(CO)O[C@@H](O[C@@H]4C(CO)O[C@@H](O[C@@H]5C(CSC[C@@H](N)C(=O)O)O[C@@H](O[C@@H]6C(CO)O[C@H](O[C@@H]7C(CO)O[C@H](O[C@@H]8C(CO)OC(O[C@H]1[C@H](O)C2O)C(O)[C@H]8O)C(O)[C@H]7O)C(O)[C@H]6O)C(O)[C@H]5O)C(O)[C@@H]4O)C(O)[C@H]3O)C(=O)O. The number of hydrogen-bond donors (Lipinski definition) is 23. The van der Waals surface area contributed by atoms with E-state index in [1.807, 2.05) is 0 Å². The molecule has 0 aromatic heterocycles. The third kappa shape index (κ3) is 15.9. The van der Waals surface area contributed by atoms with Crippen LogP contribution < -0.4 is 11.5 Å². The molecule has 14 bridgehead atoms. The topological polar surface area (TPSA) is 640 Å². The summed E-state index contributed by atoms with van der Waals surface area (Å²) in [7, 11) is 0. The van der Waals surface area contributed by atoms with Gasteiger partial charge in [-0.1, -0.05) is 0 Å². The van der Waals surface area contributed by atoms with Gasteiger partial charge in [-0.25, -0.2) is 0 Å². The van der Waals surface area contributed by atoms with Crippen LogP contribution in [0.1, 0.15) is 0 Å². The summed E-state index contributed by atoms with van der Waals surface area (Å²) >= 11 is 1.60. The molecule has 89 heavy (non-hydrogen) atoms. The molecule has 37 atom stereocenters. The minimum Gasteiger partial charge on any atom is -0.480 e. The summed E-state index contributed by atoms with van der Waals surface area (Å²) in [6.45, 7) is -5.43. The first-order valence-electron chi connectivity index (χ1n) is 28.1. The average molecular weight is 1340 g/mol. The summed E-state index contributed by atoms with van der Waals surface area (Å²) < 4.78 is 81.6. The molecule has 0 aliphatic carbocycles. The van der Waals surface area contributed by atoms with Crippen molar-refractivity contribution in [1.82, 2.24) is 0 Å². The van der Waals surface area contributed by atoms with Crippen molar-refractivity contribution < 1.29 is 183 Å². The number of aliphatic hydroxyl groups excluding tert-OH is 19. The van der Waals surface area contributed by atoms with Gasteiger partial charge in [0.05, 0.1) is 45.2 Å². The lowest BCUT2D eigenvalue weighted by atomic mass is 9.95. The normalized spacial score (nSPS) is 50.1. The Bertz CT molecular complexity index is 2200. The smallest absolute Gasteiger partial charge is 0.321 e. The number of nitrogens with two attached hydrogens (primary N) is 2. The van der Waals surface area contributed by atoms with E-state index in [4.69, 9.17) is 77.8 Å². The molecule has 516 valence electrons. The van der Waals surface area contributed by atoms with Gasteiger partial charge < -0.3 is 185 Å². The zero-order chi connectivity index (χ0) is 65.2. The van der Waals surface area contributed by atoms with Crippen LogP contribution in [0, 0.1) is 0 Å². The Labute approximate surface area is 511 Å². The van der Waals surface area contributed by atoms with E-state index < -0.39 is 284 Å². The molecule has 39 nitrogen and oxygen atoms in total. The Hall–Kier alpha value is -1.76. The van der Waals surface area contributed by atoms with Gasteiger partial charge in [-0.15, -0.1) is 0 Å². The first-order chi connectivity index (χ1) is 42.2. The second-order valence-corrected chi connectivity index (χ2v) is 24.4. The molecule has 21 saturated heterocycles. The molecule has 21 fully saturated rings. The van der Waals surface area contributed by atoms with Crippen LogP contribution >= 0.6 is 23.5 Å². The Morgan fingerprint density at radius 2 is 0.438 bits per heavy atom. The summed E-state index contributed by atoms with van der Waals surface area (Å²) in [6.07, 6.45) is -71.4. The van der Waals surface area contributed by atoms with Gasteiger partial charge in [0, 0.05) is 23.0 Å². The van der Waals surface area contributed by atoms with Crippen LogP contribution in [0.5, 0.6) is 0 Å². The Morgan fingerprint density at radius 1 is 0.281 bits per heavy atom. The first kappa shape index (κ1) is 73.1. The molecule has 41 heteroatoms. The number of thioether (sulfide) groups is 2. The third-order valence-corrected chi connectivity index (χ3v) is 18.5. The highest BCUT2D eigenvalue weighted by molar-refractivity contribution is 7.99. The molecule has 0 spiro atoms. The molecule has 0 amide bonds. The zero-order valence-electron chi connectivity index (χ0n) is 46.6. The van der Waals surface area contributed by atoms with Crippen molar-refractivity contribution in [3.8, 4) is 0 Å². The van der Waals surface area contributed by atoms with Gasteiger partial charge in [0.15, 0.2) is 44.0 Å². The summed E-state index contributed by atoms with van der Waals surface area (Å²) in [5.41, 5.74) is 11.4. The largest absolute Gasteiger partial charge is 0.480 e. The predicted octanol–water partition coefficient (Wildman–Crippen LogP) is -14.9. The van der Waals surface area contributed by atoms with Crippen molar-refractivity contribution in [2.24, 2.45) is 11.5 Å². The molecule has 21 heterocycles. The van der Waals surface area contributed by atoms with Gasteiger partial charge in [-0.3, -0.25) is 9.59 Å². The number of carbonyl (C=O) groups is 2. The maximum absolute atomic E-state index is 11.7. The monoisotopic (exact) mass is 1340 g/mol. The number of hydrogen-bond acceptors (Lipinski definition) is 39. The summed E-state index contributed by atoms with van der Waals surface area (Å²) in [6, 6.07) is -2.94. The second-order valence-electron chi connectivity index (χ2n) is 22.3. The van der Waals surface area contributed by atoms with Crippen LogP contribution in [0.15, 0.2) is 0 Å². The zero-order valence-corrected chi connectivity index (χ0v) is 48.3. The molecular weight excluding hydrogens is 1260 g/mol. The highest BCUT2D eigenvalue weighted by Gasteiger charge is 2.60. The van der Waals surface area contributed by atoms with Gasteiger partial charge in [-0.05, 0) is 0 Å². The van der Waals surface area contributed by atoms with E-state index in [0.717, 1.165) is 23.5 Å². The average Bonchev–Trinajstić information content (AvgIpc) is 0.983. The number of rotatable bonds is 15. The molecule has 0 aromatic rings. The highest BCUT2D eigenvalue weighted by atomic mass is 32.2. The maximum Gasteiger partial charge on any atom is 0.321 e.